The molecule has 1 aliphatic rings. The van der Waals surface area contributed by atoms with E-state index in [-0.39, 0.29) is 12.0 Å². The Balaban J connectivity index is 1.34. The van der Waals surface area contributed by atoms with Crippen molar-refractivity contribution in [1.82, 2.24) is 5.32 Å². The summed E-state index contributed by atoms with van der Waals surface area (Å²) < 4.78 is 5.51. The second-order valence-electron chi connectivity index (χ2n) is 6.56. The van der Waals surface area contributed by atoms with Gasteiger partial charge in [0.15, 0.2) is 0 Å². The van der Waals surface area contributed by atoms with Crippen LogP contribution in [0.1, 0.15) is 26.8 Å². The van der Waals surface area contributed by atoms with Crippen LogP contribution in [0.25, 0.3) is 17.2 Å². The van der Waals surface area contributed by atoms with Gasteiger partial charge in [-0.2, -0.15) is 0 Å². The number of ether oxygens (including phenoxy) is 1. The third-order valence-corrected chi connectivity index (χ3v) is 5.72. The minimum Gasteiger partial charge on any atom is -0.449 e. The summed E-state index contributed by atoms with van der Waals surface area (Å²) in [6.07, 6.45) is 3.57. The quantitative estimate of drug-likeness (QED) is 0.629. The second-order valence-corrected chi connectivity index (χ2v) is 7.88. The molecule has 1 aliphatic carbocycles. The Labute approximate surface area is 163 Å². The van der Waals surface area contributed by atoms with Crippen molar-refractivity contribution in [3.05, 3.63) is 87.6 Å². The largest absolute Gasteiger partial charge is 0.449 e. The lowest BCUT2D eigenvalue weighted by Gasteiger charge is -2.14. The van der Waals surface area contributed by atoms with Crippen LogP contribution in [0.2, 0.25) is 0 Å². The van der Waals surface area contributed by atoms with E-state index < -0.39 is 0 Å². The van der Waals surface area contributed by atoms with Gasteiger partial charge < -0.3 is 10.1 Å². The van der Waals surface area contributed by atoms with E-state index in [1.54, 1.807) is 11.3 Å². The number of fused-ring (bicyclic) bond motifs is 3. The van der Waals surface area contributed by atoms with Crippen molar-refractivity contribution in [2.75, 3.05) is 13.2 Å². The van der Waals surface area contributed by atoms with Gasteiger partial charge in [0, 0.05) is 22.2 Å². The number of nitrogens with one attached hydrogen (secondary N) is 1. The van der Waals surface area contributed by atoms with Crippen molar-refractivity contribution in [1.29, 1.82) is 0 Å². The molecule has 0 bridgehead atoms. The molecule has 1 amide bonds. The van der Waals surface area contributed by atoms with Gasteiger partial charge in [-0.15, -0.1) is 11.3 Å². The van der Waals surface area contributed by atoms with Crippen molar-refractivity contribution in [2.45, 2.75) is 12.8 Å². The number of alkyl carbamates (subject to hydrolysis) is 1. The zero-order chi connectivity index (χ0) is 18.6. The molecule has 3 aromatic rings. The molecule has 2 aromatic carbocycles. The van der Waals surface area contributed by atoms with Gasteiger partial charge in [-0.3, -0.25) is 0 Å². The average Bonchev–Trinajstić information content (AvgIpc) is 3.25. The maximum absolute atomic E-state index is 12.1. The second kappa shape index (κ2) is 7.80. The predicted octanol–water partition coefficient (Wildman–Crippen LogP) is 5.61. The molecular formula is C23H21NO2S. The Morgan fingerprint density at radius 3 is 2.33 bits per heavy atom. The highest BCUT2D eigenvalue weighted by Crippen LogP contribution is 2.44. The van der Waals surface area contributed by atoms with Gasteiger partial charge in [0.1, 0.15) is 6.61 Å². The highest BCUT2D eigenvalue weighted by molar-refractivity contribution is 7.12. The van der Waals surface area contributed by atoms with Crippen LogP contribution in [0.15, 0.2) is 66.7 Å². The smallest absolute Gasteiger partial charge is 0.407 e. The van der Waals surface area contributed by atoms with Gasteiger partial charge in [-0.05, 0) is 47.4 Å². The SMILES string of the molecule is Cc1ccc(C=CCNC(=O)OCC2c3ccccc3-c3ccccc32)s1. The van der Waals surface area contributed by atoms with Crippen LogP contribution < -0.4 is 5.32 Å². The number of carbonyl (C=O) groups is 1. The fourth-order valence-corrected chi connectivity index (χ4v) is 4.32. The predicted molar refractivity (Wildman–Crippen MR) is 111 cm³/mol. The minimum absolute atomic E-state index is 0.0905. The Morgan fingerprint density at radius 2 is 1.70 bits per heavy atom. The molecule has 4 rings (SSSR count). The first-order chi connectivity index (χ1) is 13.2. The Kier molecular flexibility index (Phi) is 5.07. The number of amides is 1. The summed E-state index contributed by atoms with van der Waals surface area (Å²) in [5.41, 5.74) is 4.91. The molecule has 0 radical (unpaired) electrons. The molecule has 1 N–H and O–H groups in total. The van der Waals surface area contributed by atoms with E-state index in [4.69, 9.17) is 4.74 Å². The van der Waals surface area contributed by atoms with Gasteiger partial charge in [0.2, 0.25) is 0 Å². The topological polar surface area (TPSA) is 38.3 Å². The van der Waals surface area contributed by atoms with E-state index >= 15 is 0 Å². The van der Waals surface area contributed by atoms with Crippen LogP contribution in [0.4, 0.5) is 4.79 Å². The molecule has 0 spiro atoms. The highest BCUT2D eigenvalue weighted by atomic mass is 32.1. The van der Waals surface area contributed by atoms with E-state index in [1.165, 1.54) is 32.0 Å². The lowest BCUT2D eigenvalue weighted by Crippen LogP contribution is -2.26. The number of hydrogen-bond donors (Lipinski definition) is 1. The molecule has 0 saturated carbocycles. The molecule has 3 nitrogen and oxygen atoms in total. The summed E-state index contributed by atoms with van der Waals surface area (Å²) in [5, 5.41) is 2.79. The number of rotatable bonds is 5. The van der Waals surface area contributed by atoms with Crippen molar-refractivity contribution < 1.29 is 9.53 Å². The lowest BCUT2D eigenvalue weighted by molar-refractivity contribution is 0.144. The number of carbonyl (C=O) groups excluding carboxylic acids is 1. The van der Waals surface area contributed by atoms with Crippen molar-refractivity contribution in [3.8, 4) is 11.1 Å². The van der Waals surface area contributed by atoms with Crippen LogP contribution in [0, 0.1) is 6.92 Å². The number of benzene rings is 2. The number of hydrogen-bond acceptors (Lipinski definition) is 3. The monoisotopic (exact) mass is 375 g/mol. The van der Waals surface area contributed by atoms with Gasteiger partial charge >= 0.3 is 6.09 Å². The fraction of sp³-hybridized carbons (Fsp3) is 0.174. The minimum atomic E-state index is -0.385. The molecule has 1 aromatic heterocycles. The van der Waals surface area contributed by atoms with Gasteiger partial charge in [0.05, 0.1) is 0 Å². The summed E-state index contributed by atoms with van der Waals surface area (Å²) in [7, 11) is 0. The molecule has 0 fully saturated rings. The molecule has 4 heteroatoms. The maximum atomic E-state index is 12.1. The normalized spacial score (nSPS) is 12.8. The third kappa shape index (κ3) is 3.81. The summed E-state index contributed by atoms with van der Waals surface area (Å²) in [6, 6.07) is 20.8. The van der Waals surface area contributed by atoms with Crippen LogP contribution in [0.5, 0.6) is 0 Å². The van der Waals surface area contributed by atoms with Crippen LogP contribution >= 0.6 is 11.3 Å². The first kappa shape index (κ1) is 17.6. The number of aryl methyl sites for hydroxylation is 1. The summed E-state index contributed by atoms with van der Waals surface area (Å²) >= 11 is 1.73. The molecule has 0 saturated heterocycles. The zero-order valence-electron chi connectivity index (χ0n) is 15.1. The van der Waals surface area contributed by atoms with Gasteiger partial charge in [-0.25, -0.2) is 4.79 Å². The molecule has 27 heavy (non-hydrogen) atoms. The Hall–Kier alpha value is -2.85. The summed E-state index contributed by atoms with van der Waals surface area (Å²) in [4.78, 5) is 14.5. The van der Waals surface area contributed by atoms with E-state index in [2.05, 4.69) is 48.6 Å². The molecular weight excluding hydrogens is 354 g/mol. The summed E-state index contributed by atoms with van der Waals surface area (Å²) in [5.74, 6) is 0.0905. The molecule has 0 unspecified atom stereocenters. The van der Waals surface area contributed by atoms with E-state index in [0.29, 0.717) is 13.2 Å². The first-order valence-electron chi connectivity index (χ1n) is 9.04. The van der Waals surface area contributed by atoms with E-state index in [0.717, 1.165) is 0 Å². The van der Waals surface area contributed by atoms with Crippen LogP contribution in [-0.2, 0) is 4.74 Å². The summed E-state index contributed by atoms with van der Waals surface area (Å²) in [6.45, 7) is 2.87. The molecule has 0 atom stereocenters. The zero-order valence-corrected chi connectivity index (χ0v) is 16.0. The van der Waals surface area contributed by atoms with Crippen LogP contribution in [0.3, 0.4) is 0 Å². The lowest BCUT2D eigenvalue weighted by atomic mass is 9.98. The molecule has 1 heterocycles. The highest BCUT2D eigenvalue weighted by Gasteiger charge is 2.28. The maximum Gasteiger partial charge on any atom is 0.407 e. The number of thiophene rings is 1. The van der Waals surface area contributed by atoms with E-state index in [1.807, 2.05) is 36.4 Å². The van der Waals surface area contributed by atoms with Crippen molar-refractivity contribution in [3.63, 3.8) is 0 Å². The third-order valence-electron chi connectivity index (χ3n) is 4.75. The fourth-order valence-electron chi connectivity index (χ4n) is 3.51. The van der Waals surface area contributed by atoms with Crippen molar-refractivity contribution >= 4 is 23.5 Å². The molecule has 136 valence electrons. The van der Waals surface area contributed by atoms with E-state index in [9.17, 15) is 4.79 Å². The molecule has 0 aliphatic heterocycles. The first-order valence-corrected chi connectivity index (χ1v) is 9.86. The Morgan fingerprint density at radius 1 is 1.04 bits per heavy atom. The Bertz CT molecular complexity index is 944. The standard InChI is InChI=1S/C23H21NO2S/c1-16-12-13-17(27-16)7-6-14-24-23(25)26-15-22-20-10-4-2-8-18(20)19-9-3-5-11-21(19)22/h2-13,22H,14-15H2,1H3,(H,24,25). The van der Waals surface area contributed by atoms with Crippen LogP contribution in [-0.4, -0.2) is 19.2 Å². The van der Waals surface area contributed by atoms with Gasteiger partial charge in [0.25, 0.3) is 0 Å². The average molecular weight is 375 g/mol. The van der Waals surface area contributed by atoms with Gasteiger partial charge in [-0.1, -0.05) is 54.6 Å². The van der Waals surface area contributed by atoms with Crippen molar-refractivity contribution in [2.24, 2.45) is 0 Å².